The molecule has 0 saturated carbocycles. The molecule has 162 valence electrons. The lowest BCUT2D eigenvalue weighted by atomic mass is 9.97. The minimum atomic E-state index is 0.952. The number of nitrogens with zero attached hydrogens (tertiary/aromatic N) is 1. The molecule has 0 aliphatic heterocycles. The lowest BCUT2D eigenvalue weighted by Crippen LogP contribution is -2.01. The topological polar surface area (TPSA) is 18.1 Å². The molecule has 33 heavy (non-hydrogen) atoms. The monoisotopic (exact) mass is 493 g/mol. The van der Waals surface area contributed by atoms with Crippen molar-refractivity contribution in [2.75, 3.05) is 0 Å². The van der Waals surface area contributed by atoms with Gasteiger partial charge in [-0.25, -0.2) is 0 Å². The van der Waals surface area contributed by atoms with Gasteiger partial charge in [0.25, 0.3) is 0 Å². The minimum Gasteiger partial charge on any atom is -0.460 e. The van der Waals surface area contributed by atoms with Crippen LogP contribution < -0.4 is 0 Å². The van der Waals surface area contributed by atoms with E-state index in [4.69, 9.17) is 4.42 Å². The highest BCUT2D eigenvalue weighted by Gasteiger charge is 2.21. The first kappa shape index (κ1) is 20.3. The number of hydrogen-bond donors (Lipinski definition) is 0. The maximum atomic E-state index is 6.29. The Bertz CT molecular complexity index is 1580. The van der Waals surface area contributed by atoms with Crippen LogP contribution in [-0.2, 0) is 6.42 Å². The number of para-hydroxylation sites is 2. The lowest BCUT2D eigenvalue weighted by Gasteiger charge is -2.13. The summed E-state index contributed by atoms with van der Waals surface area (Å²) >= 11 is 3.75. The molecule has 2 nitrogen and oxygen atoms in total. The van der Waals surface area contributed by atoms with Crippen LogP contribution in [0.4, 0.5) is 0 Å². The molecule has 6 rings (SSSR count). The van der Waals surface area contributed by atoms with Crippen molar-refractivity contribution in [3.63, 3.8) is 0 Å². The summed E-state index contributed by atoms with van der Waals surface area (Å²) in [5.41, 5.74) is 9.52. The van der Waals surface area contributed by atoms with E-state index in [1.165, 1.54) is 37.9 Å². The Morgan fingerprint density at radius 2 is 1.79 bits per heavy atom. The summed E-state index contributed by atoms with van der Waals surface area (Å²) in [4.78, 5) is 0. The fourth-order valence-electron chi connectivity index (χ4n) is 5.13. The third-order valence-electron chi connectivity index (χ3n) is 6.62. The molecule has 0 atom stereocenters. The van der Waals surface area contributed by atoms with Crippen LogP contribution in [0.5, 0.6) is 0 Å². The molecule has 5 aromatic rings. The average molecular weight is 494 g/mol. The summed E-state index contributed by atoms with van der Waals surface area (Å²) in [6.07, 6.45) is 8.57. The molecule has 0 amide bonds. The van der Waals surface area contributed by atoms with Crippen LogP contribution in [-0.4, -0.2) is 4.57 Å². The number of hydrogen-bond acceptors (Lipinski definition) is 1. The second-order valence-corrected chi connectivity index (χ2v) is 9.63. The molecule has 0 fully saturated rings. The van der Waals surface area contributed by atoms with Crippen molar-refractivity contribution in [2.45, 2.75) is 26.7 Å². The SMILES string of the molecule is C/C=C\c1c(C)oc2c(-c3ccc4c5c(n(-c6ccccc6)c4c3)C=C(Br)CC5)cccc12. The van der Waals surface area contributed by atoms with Gasteiger partial charge in [-0.1, -0.05) is 76.6 Å². The van der Waals surface area contributed by atoms with Gasteiger partial charge in [-0.3, -0.25) is 0 Å². The molecule has 0 unspecified atom stereocenters. The molecule has 2 heterocycles. The zero-order chi connectivity index (χ0) is 22.5. The van der Waals surface area contributed by atoms with Gasteiger partial charge < -0.3 is 8.98 Å². The fourth-order valence-corrected chi connectivity index (χ4v) is 5.55. The first-order valence-corrected chi connectivity index (χ1v) is 12.2. The first-order valence-electron chi connectivity index (χ1n) is 11.4. The highest BCUT2D eigenvalue weighted by molar-refractivity contribution is 9.11. The maximum absolute atomic E-state index is 6.29. The van der Waals surface area contributed by atoms with Gasteiger partial charge in [-0.2, -0.15) is 0 Å². The Labute approximate surface area is 202 Å². The van der Waals surface area contributed by atoms with Crippen LogP contribution in [0.15, 0.2) is 81.7 Å². The summed E-state index contributed by atoms with van der Waals surface area (Å²) in [7, 11) is 0. The van der Waals surface area contributed by atoms with Gasteiger partial charge in [0.1, 0.15) is 11.3 Å². The normalized spacial score (nSPS) is 13.7. The molecule has 0 radical (unpaired) electrons. The lowest BCUT2D eigenvalue weighted by molar-refractivity contribution is 0.578. The average Bonchev–Trinajstić information content (AvgIpc) is 3.33. The predicted molar refractivity (Wildman–Crippen MR) is 143 cm³/mol. The number of aryl methyl sites for hydroxylation is 2. The minimum absolute atomic E-state index is 0.952. The van der Waals surface area contributed by atoms with Gasteiger partial charge in [0.05, 0.1) is 11.2 Å². The Hall–Kier alpha value is -3.30. The zero-order valence-corrected chi connectivity index (χ0v) is 20.3. The largest absolute Gasteiger partial charge is 0.460 e. The van der Waals surface area contributed by atoms with Gasteiger partial charge >= 0.3 is 0 Å². The van der Waals surface area contributed by atoms with E-state index in [1.54, 1.807) is 0 Å². The number of rotatable bonds is 3. The van der Waals surface area contributed by atoms with Crippen molar-refractivity contribution in [3.8, 4) is 16.8 Å². The highest BCUT2D eigenvalue weighted by Crippen LogP contribution is 2.40. The summed E-state index contributed by atoms with van der Waals surface area (Å²) in [6, 6.07) is 23.9. The third kappa shape index (κ3) is 3.22. The molecule has 0 bridgehead atoms. The van der Waals surface area contributed by atoms with E-state index in [-0.39, 0.29) is 0 Å². The molecule has 0 saturated heterocycles. The van der Waals surface area contributed by atoms with Crippen LogP contribution in [0, 0.1) is 6.92 Å². The van der Waals surface area contributed by atoms with E-state index in [1.807, 2.05) is 13.8 Å². The van der Waals surface area contributed by atoms with Crippen LogP contribution in [0.1, 0.15) is 35.9 Å². The Kier molecular flexibility index (Phi) is 4.88. The number of halogens is 1. The van der Waals surface area contributed by atoms with E-state index in [2.05, 4.69) is 105 Å². The van der Waals surface area contributed by atoms with Crippen molar-refractivity contribution >= 4 is 50.0 Å². The molecule has 3 aromatic carbocycles. The van der Waals surface area contributed by atoms with Gasteiger partial charge in [0, 0.05) is 27.6 Å². The Morgan fingerprint density at radius 1 is 0.939 bits per heavy atom. The molecule has 1 aliphatic rings. The van der Waals surface area contributed by atoms with Crippen LogP contribution in [0.2, 0.25) is 0 Å². The fraction of sp³-hybridized carbons (Fsp3) is 0.133. The molecular formula is C30H24BrNO. The molecule has 2 aromatic heterocycles. The van der Waals surface area contributed by atoms with Crippen LogP contribution in [0.3, 0.4) is 0 Å². The van der Waals surface area contributed by atoms with Crippen molar-refractivity contribution in [2.24, 2.45) is 0 Å². The Balaban J connectivity index is 1.64. The number of benzene rings is 3. The quantitative estimate of drug-likeness (QED) is 0.245. The zero-order valence-electron chi connectivity index (χ0n) is 18.7. The van der Waals surface area contributed by atoms with E-state index in [9.17, 15) is 0 Å². The molecule has 3 heteroatoms. The van der Waals surface area contributed by atoms with Crippen LogP contribution >= 0.6 is 15.9 Å². The van der Waals surface area contributed by atoms with Gasteiger partial charge in [-0.05, 0) is 66.6 Å². The van der Waals surface area contributed by atoms with Crippen molar-refractivity contribution < 1.29 is 4.42 Å². The first-order chi connectivity index (χ1) is 16.2. The van der Waals surface area contributed by atoms with Gasteiger partial charge in [0.2, 0.25) is 0 Å². The van der Waals surface area contributed by atoms with Crippen molar-refractivity contribution in [1.82, 2.24) is 4.57 Å². The summed E-state index contributed by atoms with van der Waals surface area (Å²) in [5.74, 6) is 0.953. The maximum Gasteiger partial charge on any atom is 0.142 e. The number of furan rings is 1. The van der Waals surface area contributed by atoms with E-state index < -0.39 is 0 Å². The number of aromatic nitrogens is 1. The summed E-state index contributed by atoms with van der Waals surface area (Å²) in [6.45, 7) is 4.09. The number of fused-ring (bicyclic) bond motifs is 4. The van der Waals surface area contributed by atoms with Gasteiger partial charge in [-0.15, -0.1) is 0 Å². The van der Waals surface area contributed by atoms with Crippen LogP contribution in [0.25, 0.3) is 50.8 Å². The highest BCUT2D eigenvalue weighted by atomic mass is 79.9. The third-order valence-corrected chi connectivity index (χ3v) is 7.24. The van der Waals surface area contributed by atoms with Gasteiger partial charge in [0.15, 0.2) is 0 Å². The van der Waals surface area contributed by atoms with Crippen molar-refractivity contribution in [3.05, 3.63) is 99.9 Å². The van der Waals surface area contributed by atoms with Crippen molar-refractivity contribution in [1.29, 1.82) is 0 Å². The Morgan fingerprint density at radius 3 is 2.61 bits per heavy atom. The second kappa shape index (κ2) is 7.93. The number of allylic oxidation sites excluding steroid dienone is 2. The van der Waals surface area contributed by atoms with E-state index in [0.29, 0.717) is 0 Å². The molecular weight excluding hydrogens is 470 g/mol. The predicted octanol–water partition coefficient (Wildman–Crippen LogP) is 9.07. The molecule has 1 aliphatic carbocycles. The second-order valence-electron chi connectivity index (χ2n) is 8.61. The smallest absolute Gasteiger partial charge is 0.142 e. The van der Waals surface area contributed by atoms with E-state index >= 15 is 0 Å². The molecule has 0 N–H and O–H groups in total. The van der Waals surface area contributed by atoms with E-state index in [0.717, 1.165) is 40.7 Å². The molecule has 0 spiro atoms. The summed E-state index contributed by atoms with van der Waals surface area (Å²) in [5, 5.41) is 2.49. The summed E-state index contributed by atoms with van der Waals surface area (Å²) < 4.78 is 9.93. The standard InChI is InChI=1S/C30H24BrNO/c1-3-8-23-19(2)33-30-24(11-7-12-27(23)30)20-13-15-25-26-16-14-21(31)18-29(26)32(28(25)17-20)22-9-5-4-6-10-22/h3-13,15,17-18H,14,16H2,1-2H3/b8-3-.